The highest BCUT2D eigenvalue weighted by molar-refractivity contribution is 5.99. The number of carboxylic acid groups (broad SMARTS) is 1. The first-order valence-electron chi connectivity index (χ1n) is 6.81. The van der Waals surface area contributed by atoms with Gasteiger partial charge in [0, 0.05) is 19.2 Å². The number of carboxylic acids is 1. The van der Waals surface area contributed by atoms with Gasteiger partial charge in [-0.3, -0.25) is 19.7 Å². The van der Waals surface area contributed by atoms with Crippen LogP contribution in [0, 0.1) is 16.0 Å². The van der Waals surface area contributed by atoms with E-state index in [9.17, 15) is 19.7 Å². The van der Waals surface area contributed by atoms with Crippen LogP contribution in [0.25, 0.3) is 0 Å². The molecule has 1 N–H and O–H groups in total. The molecule has 1 fully saturated rings. The van der Waals surface area contributed by atoms with E-state index in [0.29, 0.717) is 6.42 Å². The van der Waals surface area contributed by atoms with Crippen molar-refractivity contribution in [3.8, 4) is 11.5 Å². The number of methoxy groups -OCH3 is 2. The van der Waals surface area contributed by atoms with Crippen molar-refractivity contribution in [3.63, 3.8) is 0 Å². The Morgan fingerprint density at radius 3 is 2.39 bits per heavy atom. The van der Waals surface area contributed by atoms with Gasteiger partial charge in [-0.15, -0.1) is 0 Å². The Labute approximate surface area is 131 Å². The summed E-state index contributed by atoms with van der Waals surface area (Å²) in [6, 6.07) is 2.37. The number of aliphatic carboxylic acids is 1. The number of ether oxygens (including phenoxy) is 2. The molecular weight excluding hydrogens is 308 g/mol. The Hall–Kier alpha value is -2.84. The van der Waals surface area contributed by atoms with E-state index in [1.165, 1.54) is 25.2 Å². The van der Waals surface area contributed by atoms with Crippen LogP contribution in [-0.4, -0.2) is 54.1 Å². The molecule has 9 heteroatoms. The van der Waals surface area contributed by atoms with E-state index in [4.69, 9.17) is 14.6 Å². The monoisotopic (exact) mass is 324 g/mol. The molecule has 9 nitrogen and oxygen atoms in total. The zero-order valence-corrected chi connectivity index (χ0v) is 12.6. The average molecular weight is 324 g/mol. The highest BCUT2D eigenvalue weighted by Crippen LogP contribution is 2.35. The second-order valence-corrected chi connectivity index (χ2v) is 5.06. The number of nitro groups is 1. The molecule has 0 aliphatic carbocycles. The molecule has 1 saturated heterocycles. The summed E-state index contributed by atoms with van der Waals surface area (Å²) in [5.41, 5.74) is -0.565. The van der Waals surface area contributed by atoms with Gasteiger partial charge in [0.05, 0.1) is 31.1 Å². The van der Waals surface area contributed by atoms with Crippen LogP contribution in [0.5, 0.6) is 11.5 Å². The van der Waals surface area contributed by atoms with Gasteiger partial charge >= 0.3 is 5.97 Å². The predicted octanol–water partition coefficient (Wildman–Crippen LogP) is 1.16. The number of rotatable bonds is 5. The Balaban J connectivity index is 2.39. The first kappa shape index (κ1) is 16.5. The first-order chi connectivity index (χ1) is 10.9. The third-order valence-corrected chi connectivity index (χ3v) is 3.75. The number of carbonyl (C=O) groups excluding carboxylic acids is 1. The maximum absolute atomic E-state index is 12.5. The third-order valence-electron chi connectivity index (χ3n) is 3.75. The molecule has 0 radical (unpaired) electrons. The highest BCUT2D eigenvalue weighted by Gasteiger charge is 2.34. The van der Waals surface area contributed by atoms with Crippen LogP contribution in [0.15, 0.2) is 12.1 Å². The van der Waals surface area contributed by atoms with Gasteiger partial charge in [0.1, 0.15) is 5.56 Å². The average Bonchev–Trinajstić information content (AvgIpc) is 3.02. The minimum absolute atomic E-state index is 0.0274. The lowest BCUT2D eigenvalue weighted by atomic mass is 10.1. The van der Waals surface area contributed by atoms with Crippen LogP contribution in [0.3, 0.4) is 0 Å². The first-order valence-corrected chi connectivity index (χ1v) is 6.81. The van der Waals surface area contributed by atoms with Crippen molar-refractivity contribution >= 4 is 17.6 Å². The zero-order chi connectivity index (χ0) is 17.1. The van der Waals surface area contributed by atoms with Crippen LogP contribution in [-0.2, 0) is 4.79 Å². The fraction of sp³-hybridized carbons (Fsp3) is 0.429. The Morgan fingerprint density at radius 1 is 1.30 bits per heavy atom. The van der Waals surface area contributed by atoms with Crippen molar-refractivity contribution in [2.75, 3.05) is 27.3 Å². The fourth-order valence-corrected chi connectivity index (χ4v) is 2.51. The maximum Gasteiger partial charge on any atom is 0.308 e. The molecule has 1 aromatic rings. The van der Waals surface area contributed by atoms with E-state index in [2.05, 4.69) is 0 Å². The number of hydrogen-bond donors (Lipinski definition) is 1. The molecule has 124 valence electrons. The molecule has 1 amide bonds. The summed E-state index contributed by atoms with van der Waals surface area (Å²) < 4.78 is 10.1. The summed E-state index contributed by atoms with van der Waals surface area (Å²) >= 11 is 0. The van der Waals surface area contributed by atoms with E-state index in [0.717, 1.165) is 6.07 Å². The lowest BCUT2D eigenvalue weighted by Gasteiger charge is -2.17. The molecule has 0 bridgehead atoms. The topological polar surface area (TPSA) is 119 Å². The van der Waals surface area contributed by atoms with Crippen LogP contribution >= 0.6 is 0 Å². The Bertz CT molecular complexity index is 659. The molecule has 0 spiro atoms. The van der Waals surface area contributed by atoms with E-state index in [-0.39, 0.29) is 30.2 Å². The minimum atomic E-state index is -0.984. The van der Waals surface area contributed by atoms with Gasteiger partial charge in [0.2, 0.25) is 0 Å². The molecule has 1 aromatic carbocycles. The van der Waals surface area contributed by atoms with Crippen molar-refractivity contribution in [2.45, 2.75) is 6.42 Å². The maximum atomic E-state index is 12.5. The summed E-state index contributed by atoms with van der Waals surface area (Å²) in [7, 11) is 2.69. The zero-order valence-electron chi connectivity index (χ0n) is 12.6. The van der Waals surface area contributed by atoms with E-state index in [1.54, 1.807) is 0 Å². The number of amides is 1. The highest BCUT2D eigenvalue weighted by atomic mass is 16.6. The molecule has 1 unspecified atom stereocenters. The SMILES string of the molecule is COc1cc(C(=O)N2CCC(C(=O)O)C2)c([N+](=O)[O-])cc1OC. The largest absolute Gasteiger partial charge is 0.493 e. The molecule has 23 heavy (non-hydrogen) atoms. The lowest BCUT2D eigenvalue weighted by molar-refractivity contribution is -0.385. The van der Waals surface area contributed by atoms with Crippen molar-refractivity contribution in [1.29, 1.82) is 0 Å². The number of hydrogen-bond acceptors (Lipinski definition) is 6. The van der Waals surface area contributed by atoms with Crippen LogP contribution in [0.1, 0.15) is 16.8 Å². The second kappa shape index (κ2) is 6.51. The molecular formula is C14H16N2O7. The number of benzene rings is 1. The molecule has 1 heterocycles. The predicted molar refractivity (Wildman–Crippen MR) is 77.8 cm³/mol. The summed E-state index contributed by atoms with van der Waals surface area (Å²) in [5.74, 6) is -1.90. The fourth-order valence-electron chi connectivity index (χ4n) is 2.51. The summed E-state index contributed by atoms with van der Waals surface area (Å²) in [6.45, 7) is 0.265. The van der Waals surface area contributed by atoms with Gasteiger partial charge < -0.3 is 19.5 Å². The number of likely N-dealkylation sites (tertiary alicyclic amines) is 1. The molecule has 1 aliphatic rings. The summed E-state index contributed by atoms with van der Waals surface area (Å²) in [5, 5.41) is 20.2. The van der Waals surface area contributed by atoms with Gasteiger partial charge in [-0.2, -0.15) is 0 Å². The van der Waals surface area contributed by atoms with Crippen molar-refractivity contribution in [3.05, 3.63) is 27.8 Å². The molecule has 1 atom stereocenters. The van der Waals surface area contributed by atoms with Gasteiger partial charge in [0.25, 0.3) is 11.6 Å². The van der Waals surface area contributed by atoms with Gasteiger partial charge in [0.15, 0.2) is 11.5 Å². The lowest BCUT2D eigenvalue weighted by Crippen LogP contribution is -2.30. The van der Waals surface area contributed by atoms with E-state index < -0.39 is 28.4 Å². The molecule has 0 saturated carbocycles. The van der Waals surface area contributed by atoms with Crippen molar-refractivity contribution in [2.24, 2.45) is 5.92 Å². The second-order valence-electron chi connectivity index (χ2n) is 5.06. The van der Waals surface area contributed by atoms with Crippen LogP contribution in [0.4, 0.5) is 5.69 Å². The molecule has 0 aromatic heterocycles. The molecule has 1 aliphatic heterocycles. The van der Waals surface area contributed by atoms with E-state index >= 15 is 0 Å². The number of nitro benzene ring substituents is 1. The smallest absolute Gasteiger partial charge is 0.308 e. The van der Waals surface area contributed by atoms with Crippen molar-refractivity contribution < 1.29 is 29.1 Å². The van der Waals surface area contributed by atoms with Gasteiger partial charge in [-0.1, -0.05) is 0 Å². The van der Waals surface area contributed by atoms with E-state index in [1.807, 2.05) is 0 Å². The Morgan fingerprint density at radius 2 is 1.91 bits per heavy atom. The van der Waals surface area contributed by atoms with Gasteiger partial charge in [-0.25, -0.2) is 0 Å². The van der Waals surface area contributed by atoms with Gasteiger partial charge in [-0.05, 0) is 6.42 Å². The normalized spacial score (nSPS) is 17.0. The van der Waals surface area contributed by atoms with Crippen molar-refractivity contribution in [1.82, 2.24) is 4.90 Å². The quantitative estimate of drug-likeness (QED) is 0.637. The minimum Gasteiger partial charge on any atom is -0.493 e. The summed E-state index contributed by atoms with van der Waals surface area (Å²) in [4.78, 5) is 35.4. The third kappa shape index (κ3) is 3.17. The number of nitrogens with zero attached hydrogens (tertiary/aromatic N) is 2. The Kier molecular flexibility index (Phi) is 4.68. The van der Waals surface area contributed by atoms with Crippen LogP contribution < -0.4 is 9.47 Å². The standard InChI is InChI=1S/C14H16N2O7/c1-22-11-5-9(10(16(20)21)6-12(11)23-2)13(17)15-4-3-8(7-15)14(18)19/h5-6,8H,3-4,7H2,1-2H3,(H,18,19). The van der Waals surface area contributed by atoms with Crippen LogP contribution in [0.2, 0.25) is 0 Å². The summed E-state index contributed by atoms with van der Waals surface area (Å²) in [6.07, 6.45) is 0.322. The number of carbonyl (C=O) groups is 2. The molecule has 2 rings (SSSR count).